The van der Waals surface area contributed by atoms with Crippen LogP contribution in [0.4, 0.5) is 5.69 Å². The third-order valence-corrected chi connectivity index (χ3v) is 5.09. The first kappa shape index (κ1) is 20.5. The average Bonchev–Trinajstić information content (AvgIpc) is 2.83. The molecule has 1 aliphatic rings. The Morgan fingerprint density at radius 3 is 2.63 bits per heavy atom. The monoisotopic (exact) mass is 376 g/mol. The molecule has 1 aromatic carbocycles. The standard InChI is InChI=1S/C19H24N2O6/c1-11-4-5-14(6-12(11)2)20-18(23)10-27-19(24)8-15-16(9-21(25)26)13(3)7-17(15)22/h4-6,13,15-16H,7-10H2,1-3H3,(H,20,23)/t13-,15+,16+/m1/s1. The van der Waals surface area contributed by atoms with E-state index in [0.717, 1.165) is 11.1 Å². The minimum atomic E-state index is -0.722. The van der Waals surface area contributed by atoms with Gasteiger partial charge in [-0.15, -0.1) is 0 Å². The maximum atomic E-state index is 12.0. The van der Waals surface area contributed by atoms with Crippen molar-refractivity contribution < 1.29 is 24.0 Å². The molecule has 0 spiro atoms. The highest BCUT2D eigenvalue weighted by atomic mass is 16.6. The summed E-state index contributed by atoms with van der Waals surface area (Å²) in [4.78, 5) is 46.3. The molecule has 1 amide bonds. The van der Waals surface area contributed by atoms with E-state index in [1.54, 1.807) is 13.0 Å². The molecular formula is C19H24N2O6. The number of aryl methyl sites for hydroxylation is 2. The van der Waals surface area contributed by atoms with E-state index in [1.165, 1.54) is 0 Å². The molecule has 2 rings (SSSR count). The average molecular weight is 376 g/mol. The van der Waals surface area contributed by atoms with Gasteiger partial charge < -0.3 is 10.1 Å². The van der Waals surface area contributed by atoms with Crippen molar-refractivity contribution in [1.82, 2.24) is 0 Å². The number of nitrogens with zero attached hydrogens (tertiary/aromatic N) is 1. The highest BCUT2D eigenvalue weighted by Gasteiger charge is 2.44. The first-order valence-corrected chi connectivity index (χ1v) is 8.84. The second-order valence-electron chi connectivity index (χ2n) is 7.15. The molecular weight excluding hydrogens is 352 g/mol. The fourth-order valence-corrected chi connectivity index (χ4v) is 3.40. The Labute approximate surface area is 157 Å². The van der Waals surface area contributed by atoms with Gasteiger partial charge in [0, 0.05) is 28.9 Å². The number of esters is 1. The van der Waals surface area contributed by atoms with E-state index in [1.807, 2.05) is 26.0 Å². The lowest BCUT2D eigenvalue weighted by atomic mass is 9.88. The van der Waals surface area contributed by atoms with Crippen LogP contribution in [0.2, 0.25) is 0 Å². The number of carbonyl (C=O) groups is 3. The number of carbonyl (C=O) groups excluding carboxylic acids is 3. The maximum absolute atomic E-state index is 12.0. The third-order valence-electron chi connectivity index (χ3n) is 5.09. The zero-order chi connectivity index (χ0) is 20.1. The molecule has 1 fully saturated rings. The summed E-state index contributed by atoms with van der Waals surface area (Å²) in [5, 5.41) is 13.4. The van der Waals surface area contributed by atoms with Gasteiger partial charge in [0.1, 0.15) is 5.78 Å². The van der Waals surface area contributed by atoms with Gasteiger partial charge in [0.2, 0.25) is 6.54 Å². The van der Waals surface area contributed by atoms with Crippen LogP contribution in [0, 0.1) is 41.7 Å². The van der Waals surface area contributed by atoms with Gasteiger partial charge in [-0.05, 0) is 43.0 Å². The third kappa shape index (κ3) is 5.60. The van der Waals surface area contributed by atoms with E-state index in [4.69, 9.17) is 4.74 Å². The molecule has 8 nitrogen and oxygen atoms in total. The number of amides is 1. The number of hydrogen-bond acceptors (Lipinski definition) is 6. The van der Waals surface area contributed by atoms with Gasteiger partial charge in [-0.1, -0.05) is 13.0 Å². The van der Waals surface area contributed by atoms with Crippen molar-refractivity contribution in [2.24, 2.45) is 17.8 Å². The topological polar surface area (TPSA) is 116 Å². The Balaban J connectivity index is 1.85. The van der Waals surface area contributed by atoms with Crippen LogP contribution in [0.15, 0.2) is 18.2 Å². The van der Waals surface area contributed by atoms with Gasteiger partial charge in [-0.2, -0.15) is 0 Å². The molecule has 1 aliphatic carbocycles. The van der Waals surface area contributed by atoms with Gasteiger partial charge in [0.15, 0.2) is 6.61 Å². The molecule has 3 atom stereocenters. The summed E-state index contributed by atoms with van der Waals surface area (Å²) in [6, 6.07) is 5.44. The molecule has 1 N–H and O–H groups in total. The van der Waals surface area contributed by atoms with Crippen LogP contribution in [-0.4, -0.2) is 35.7 Å². The van der Waals surface area contributed by atoms with Crippen molar-refractivity contribution in [2.75, 3.05) is 18.5 Å². The van der Waals surface area contributed by atoms with E-state index >= 15 is 0 Å². The van der Waals surface area contributed by atoms with E-state index < -0.39 is 35.2 Å². The fourth-order valence-electron chi connectivity index (χ4n) is 3.40. The summed E-state index contributed by atoms with van der Waals surface area (Å²) < 4.78 is 4.96. The Hall–Kier alpha value is -2.77. The lowest BCUT2D eigenvalue weighted by Crippen LogP contribution is -2.28. The van der Waals surface area contributed by atoms with Crippen LogP contribution in [-0.2, 0) is 19.1 Å². The van der Waals surface area contributed by atoms with Crippen LogP contribution in [0.5, 0.6) is 0 Å². The zero-order valence-corrected chi connectivity index (χ0v) is 15.7. The summed E-state index contributed by atoms with van der Waals surface area (Å²) in [5.41, 5.74) is 2.72. The Kier molecular flexibility index (Phi) is 6.65. The molecule has 0 aliphatic heterocycles. The number of hydrogen-bond donors (Lipinski definition) is 1. The predicted octanol–water partition coefficient (Wildman–Crippen LogP) is 2.29. The highest BCUT2D eigenvalue weighted by molar-refractivity contribution is 5.93. The van der Waals surface area contributed by atoms with Gasteiger partial charge in [-0.25, -0.2) is 0 Å². The summed E-state index contributed by atoms with van der Waals surface area (Å²) in [7, 11) is 0. The zero-order valence-electron chi connectivity index (χ0n) is 15.7. The number of nitrogens with one attached hydrogen (secondary N) is 1. The van der Waals surface area contributed by atoms with Crippen molar-refractivity contribution in [1.29, 1.82) is 0 Å². The quantitative estimate of drug-likeness (QED) is 0.443. The van der Waals surface area contributed by atoms with E-state index in [-0.39, 0.29) is 31.1 Å². The predicted molar refractivity (Wildman–Crippen MR) is 97.8 cm³/mol. The van der Waals surface area contributed by atoms with E-state index in [9.17, 15) is 24.5 Å². The van der Waals surface area contributed by atoms with Gasteiger partial charge in [0.05, 0.1) is 6.42 Å². The highest BCUT2D eigenvalue weighted by Crippen LogP contribution is 2.36. The maximum Gasteiger partial charge on any atom is 0.307 e. The van der Waals surface area contributed by atoms with E-state index in [2.05, 4.69) is 5.32 Å². The Morgan fingerprint density at radius 2 is 2.00 bits per heavy atom. The molecule has 27 heavy (non-hydrogen) atoms. The number of rotatable bonds is 7. The second kappa shape index (κ2) is 8.75. The SMILES string of the molecule is Cc1ccc(NC(=O)COC(=O)C[C@@H]2C(=O)C[C@@H](C)[C@@H]2C[N+](=O)[O-])cc1C. The summed E-state index contributed by atoms with van der Waals surface area (Å²) in [6.45, 7) is 4.83. The van der Waals surface area contributed by atoms with Crippen LogP contribution in [0.3, 0.4) is 0 Å². The van der Waals surface area contributed by atoms with E-state index in [0.29, 0.717) is 5.69 Å². The Bertz CT molecular complexity index is 761. The number of benzene rings is 1. The lowest BCUT2D eigenvalue weighted by Gasteiger charge is -2.17. The molecule has 0 radical (unpaired) electrons. The number of nitro groups is 1. The van der Waals surface area contributed by atoms with Crippen molar-refractivity contribution in [3.05, 3.63) is 39.4 Å². The van der Waals surface area contributed by atoms with Crippen molar-refractivity contribution in [3.8, 4) is 0 Å². The van der Waals surface area contributed by atoms with Gasteiger partial charge in [-0.3, -0.25) is 24.5 Å². The number of ketones is 1. The fraction of sp³-hybridized carbons (Fsp3) is 0.526. The molecule has 146 valence electrons. The Morgan fingerprint density at radius 1 is 1.30 bits per heavy atom. The lowest BCUT2D eigenvalue weighted by molar-refractivity contribution is -0.490. The van der Waals surface area contributed by atoms with Crippen LogP contribution >= 0.6 is 0 Å². The van der Waals surface area contributed by atoms with Crippen molar-refractivity contribution >= 4 is 23.3 Å². The van der Waals surface area contributed by atoms with Crippen LogP contribution < -0.4 is 5.32 Å². The van der Waals surface area contributed by atoms with Crippen molar-refractivity contribution in [3.63, 3.8) is 0 Å². The molecule has 1 saturated carbocycles. The summed E-state index contributed by atoms with van der Waals surface area (Å²) in [5.74, 6) is -2.70. The normalized spacial score (nSPS) is 21.7. The first-order valence-electron chi connectivity index (χ1n) is 8.84. The molecule has 0 aromatic heterocycles. The first-order chi connectivity index (χ1) is 12.7. The molecule has 0 bridgehead atoms. The molecule has 1 aromatic rings. The van der Waals surface area contributed by atoms with Crippen LogP contribution in [0.1, 0.15) is 30.9 Å². The minimum Gasteiger partial charge on any atom is -0.456 e. The number of anilines is 1. The molecule has 0 saturated heterocycles. The number of Topliss-reactive ketones (excluding diaryl/α,β-unsaturated/α-hetero) is 1. The summed E-state index contributed by atoms with van der Waals surface area (Å²) in [6.07, 6.45) is -0.0116. The molecule has 0 heterocycles. The van der Waals surface area contributed by atoms with Crippen LogP contribution in [0.25, 0.3) is 0 Å². The van der Waals surface area contributed by atoms with Crippen molar-refractivity contribution in [2.45, 2.75) is 33.6 Å². The smallest absolute Gasteiger partial charge is 0.307 e. The van der Waals surface area contributed by atoms with Gasteiger partial charge in [0.25, 0.3) is 5.91 Å². The number of ether oxygens (including phenoxy) is 1. The largest absolute Gasteiger partial charge is 0.456 e. The minimum absolute atomic E-state index is 0.145. The summed E-state index contributed by atoms with van der Waals surface area (Å²) >= 11 is 0. The second-order valence-corrected chi connectivity index (χ2v) is 7.15. The molecule has 8 heteroatoms. The molecule has 0 unspecified atom stereocenters. The van der Waals surface area contributed by atoms with Gasteiger partial charge >= 0.3 is 5.97 Å².